The number of amides is 2. The molecule has 2 amide bonds. The van der Waals surface area contributed by atoms with Gasteiger partial charge in [-0.15, -0.1) is 0 Å². The minimum Gasteiger partial charge on any atom is -0.481 e. The Morgan fingerprint density at radius 1 is 1.03 bits per heavy atom. The van der Waals surface area contributed by atoms with E-state index in [4.69, 9.17) is 16.7 Å². The molecule has 0 saturated carbocycles. The van der Waals surface area contributed by atoms with E-state index in [0.29, 0.717) is 41.5 Å². The summed E-state index contributed by atoms with van der Waals surface area (Å²) in [7, 11) is 1.84. The number of aryl methyl sites for hydroxylation is 1. The summed E-state index contributed by atoms with van der Waals surface area (Å²) >= 11 is 6.15. The van der Waals surface area contributed by atoms with E-state index in [9.17, 15) is 14.4 Å². The van der Waals surface area contributed by atoms with Gasteiger partial charge in [0, 0.05) is 48.4 Å². The molecule has 9 heteroatoms. The maximum atomic E-state index is 13.1. The summed E-state index contributed by atoms with van der Waals surface area (Å²) in [5, 5.41) is 18.9. The Morgan fingerprint density at radius 2 is 1.74 bits per heavy atom. The van der Waals surface area contributed by atoms with E-state index in [2.05, 4.69) is 16.0 Å². The average molecular weight is 533 g/mol. The smallest absolute Gasteiger partial charge is 0.303 e. The second-order valence-corrected chi connectivity index (χ2v) is 9.37. The summed E-state index contributed by atoms with van der Waals surface area (Å²) < 4.78 is 0. The van der Waals surface area contributed by atoms with E-state index >= 15 is 0 Å². The number of anilines is 3. The van der Waals surface area contributed by atoms with Crippen LogP contribution in [0.2, 0.25) is 5.02 Å². The number of rotatable bonds is 10. The third-order valence-electron chi connectivity index (χ3n) is 6.26. The molecule has 0 unspecified atom stereocenters. The fourth-order valence-corrected chi connectivity index (χ4v) is 4.49. The number of hydrogen-bond donors (Lipinski definition) is 4. The molecule has 38 heavy (non-hydrogen) atoms. The van der Waals surface area contributed by atoms with Crippen molar-refractivity contribution in [2.24, 2.45) is 0 Å². The number of nitrogens with one attached hydrogen (secondary N) is 3. The number of carbonyl (C=O) groups is 3. The van der Waals surface area contributed by atoms with E-state index < -0.39 is 5.97 Å². The summed E-state index contributed by atoms with van der Waals surface area (Å²) in [5.74, 6) is -1.16. The van der Waals surface area contributed by atoms with Gasteiger partial charge in [0.15, 0.2) is 0 Å². The van der Waals surface area contributed by atoms with Crippen LogP contribution in [0.4, 0.5) is 17.1 Å². The molecule has 3 aromatic rings. The first-order chi connectivity index (χ1) is 18.3. The summed E-state index contributed by atoms with van der Waals surface area (Å²) in [6.07, 6.45) is 0.457. The SMILES string of the molecule is CNCCN(C(C)=O)c1ccc(NC(=C2C(=O)Nc3cc(Cl)ccc32)c2ccc(CCC(=O)O)cc2)cc1. The molecule has 0 fully saturated rings. The maximum Gasteiger partial charge on any atom is 0.303 e. The van der Waals surface area contributed by atoms with Crippen LogP contribution >= 0.6 is 11.6 Å². The number of nitrogens with zero attached hydrogens (tertiary/aromatic N) is 1. The molecule has 0 aromatic heterocycles. The number of fused-ring (bicyclic) bond motifs is 1. The van der Waals surface area contributed by atoms with Crippen LogP contribution in [-0.4, -0.2) is 43.0 Å². The fraction of sp³-hybridized carbons (Fsp3) is 0.207. The summed E-state index contributed by atoms with van der Waals surface area (Å²) in [6.45, 7) is 2.74. The predicted molar refractivity (Wildman–Crippen MR) is 151 cm³/mol. The number of benzene rings is 3. The zero-order valence-corrected chi connectivity index (χ0v) is 21.9. The summed E-state index contributed by atoms with van der Waals surface area (Å²) in [4.78, 5) is 37.9. The molecule has 0 radical (unpaired) electrons. The van der Waals surface area contributed by atoms with E-state index in [-0.39, 0.29) is 18.2 Å². The highest BCUT2D eigenvalue weighted by atomic mass is 35.5. The van der Waals surface area contributed by atoms with Crippen molar-refractivity contribution >= 4 is 57.7 Å². The van der Waals surface area contributed by atoms with Gasteiger partial charge in [-0.3, -0.25) is 14.4 Å². The molecule has 0 atom stereocenters. The van der Waals surface area contributed by atoms with Gasteiger partial charge in [0.2, 0.25) is 5.91 Å². The molecular formula is C29H29ClN4O4. The molecule has 1 heterocycles. The van der Waals surface area contributed by atoms with Crippen LogP contribution in [-0.2, 0) is 20.8 Å². The summed E-state index contributed by atoms with van der Waals surface area (Å²) in [5.41, 5.74) is 5.58. The van der Waals surface area contributed by atoms with Crippen LogP contribution < -0.4 is 20.9 Å². The van der Waals surface area contributed by atoms with Crippen LogP contribution in [0.15, 0.2) is 66.7 Å². The standard InChI is InChI=1S/C29H29ClN4O4/c1-18(35)34(16-15-31-2)23-11-9-22(10-12-23)32-28(20-6-3-19(4-7-20)5-14-26(36)37)27-24-13-8-21(30)17-25(24)33-29(27)38/h3-4,6-13,17,31-32H,5,14-16H2,1-2H3,(H,33,38)(H,36,37). The van der Waals surface area contributed by atoms with Gasteiger partial charge >= 0.3 is 5.97 Å². The Labute approximate surface area is 226 Å². The average Bonchev–Trinajstić information content (AvgIpc) is 3.21. The van der Waals surface area contributed by atoms with Gasteiger partial charge in [-0.1, -0.05) is 41.9 Å². The van der Waals surface area contributed by atoms with Crippen molar-refractivity contribution in [1.82, 2.24) is 5.32 Å². The molecule has 1 aliphatic rings. The van der Waals surface area contributed by atoms with Crippen molar-refractivity contribution in [2.75, 3.05) is 35.7 Å². The lowest BCUT2D eigenvalue weighted by molar-refractivity contribution is -0.137. The quantitative estimate of drug-likeness (QED) is 0.277. The van der Waals surface area contributed by atoms with Crippen molar-refractivity contribution in [3.8, 4) is 0 Å². The second kappa shape index (κ2) is 11.9. The van der Waals surface area contributed by atoms with Crippen LogP contribution in [0.5, 0.6) is 0 Å². The number of carboxylic acid groups (broad SMARTS) is 1. The molecule has 1 aliphatic heterocycles. The van der Waals surface area contributed by atoms with Crippen molar-refractivity contribution < 1.29 is 19.5 Å². The molecule has 0 spiro atoms. The van der Waals surface area contributed by atoms with Gasteiger partial charge in [-0.2, -0.15) is 0 Å². The van der Waals surface area contributed by atoms with Crippen LogP contribution in [0.1, 0.15) is 30.0 Å². The second-order valence-electron chi connectivity index (χ2n) is 8.93. The van der Waals surface area contributed by atoms with Gasteiger partial charge in [0.05, 0.1) is 17.0 Å². The summed E-state index contributed by atoms with van der Waals surface area (Å²) in [6, 6.07) is 20.2. The number of hydrogen-bond acceptors (Lipinski definition) is 5. The normalized spacial score (nSPS) is 13.5. The van der Waals surface area contributed by atoms with Crippen molar-refractivity contribution in [3.05, 3.63) is 88.4 Å². The van der Waals surface area contributed by atoms with Crippen LogP contribution in [0.25, 0.3) is 11.3 Å². The van der Waals surface area contributed by atoms with Crippen LogP contribution in [0, 0.1) is 0 Å². The molecule has 0 saturated heterocycles. The number of aliphatic carboxylic acids is 1. The van der Waals surface area contributed by atoms with Gasteiger partial charge in [0.1, 0.15) is 0 Å². The Balaban J connectivity index is 1.72. The van der Waals surface area contributed by atoms with Crippen LogP contribution in [0.3, 0.4) is 0 Å². The monoisotopic (exact) mass is 532 g/mol. The minimum absolute atomic E-state index is 0.0417. The molecule has 4 N–H and O–H groups in total. The number of likely N-dealkylation sites (N-methyl/N-ethyl adjacent to an activating group) is 1. The van der Waals surface area contributed by atoms with E-state index in [1.165, 1.54) is 6.92 Å². The van der Waals surface area contributed by atoms with Gasteiger partial charge in [-0.05, 0) is 61.0 Å². The number of carboxylic acids is 1. The van der Waals surface area contributed by atoms with E-state index in [0.717, 1.165) is 28.1 Å². The Morgan fingerprint density at radius 3 is 2.37 bits per heavy atom. The zero-order valence-electron chi connectivity index (χ0n) is 21.2. The Bertz CT molecular complexity index is 1380. The third kappa shape index (κ3) is 6.22. The van der Waals surface area contributed by atoms with Gasteiger partial charge in [0.25, 0.3) is 5.91 Å². The molecule has 196 valence electrons. The Kier molecular flexibility index (Phi) is 8.45. The molecule has 0 bridgehead atoms. The predicted octanol–water partition coefficient (Wildman–Crippen LogP) is 4.86. The van der Waals surface area contributed by atoms with Crippen molar-refractivity contribution in [3.63, 3.8) is 0 Å². The van der Waals surface area contributed by atoms with Gasteiger partial charge in [-0.25, -0.2) is 0 Å². The highest BCUT2D eigenvalue weighted by Crippen LogP contribution is 2.39. The lowest BCUT2D eigenvalue weighted by Crippen LogP contribution is -2.34. The third-order valence-corrected chi connectivity index (χ3v) is 6.50. The first kappa shape index (κ1) is 26.9. The highest BCUT2D eigenvalue weighted by Gasteiger charge is 2.28. The first-order valence-corrected chi connectivity index (χ1v) is 12.6. The van der Waals surface area contributed by atoms with Crippen molar-refractivity contribution in [2.45, 2.75) is 19.8 Å². The largest absolute Gasteiger partial charge is 0.481 e. The fourth-order valence-electron chi connectivity index (χ4n) is 4.32. The lowest BCUT2D eigenvalue weighted by atomic mass is 9.98. The number of halogens is 1. The topological polar surface area (TPSA) is 111 Å². The minimum atomic E-state index is -0.853. The zero-order chi connectivity index (χ0) is 27.2. The van der Waals surface area contributed by atoms with E-state index in [1.54, 1.807) is 17.0 Å². The molecule has 4 rings (SSSR count). The molecule has 3 aromatic carbocycles. The molecule has 0 aliphatic carbocycles. The molecular weight excluding hydrogens is 504 g/mol. The molecule has 8 nitrogen and oxygen atoms in total. The number of carbonyl (C=O) groups excluding carboxylic acids is 2. The Hall–Kier alpha value is -4.14. The lowest BCUT2D eigenvalue weighted by Gasteiger charge is -2.22. The highest BCUT2D eigenvalue weighted by molar-refractivity contribution is 6.38. The van der Waals surface area contributed by atoms with E-state index in [1.807, 2.05) is 61.6 Å². The van der Waals surface area contributed by atoms with Gasteiger partial charge < -0.3 is 26.0 Å². The maximum absolute atomic E-state index is 13.1. The van der Waals surface area contributed by atoms with Crippen molar-refractivity contribution in [1.29, 1.82) is 0 Å². The first-order valence-electron chi connectivity index (χ1n) is 12.2.